The molecule has 9 rings (SSSR count). The summed E-state index contributed by atoms with van der Waals surface area (Å²) in [5.74, 6) is 0. The zero-order valence-corrected chi connectivity index (χ0v) is 23.3. The molecule has 9 aromatic rings. The van der Waals surface area contributed by atoms with Gasteiger partial charge in [0, 0.05) is 10.8 Å². The van der Waals surface area contributed by atoms with Crippen LogP contribution >= 0.6 is 0 Å². The van der Waals surface area contributed by atoms with Crippen molar-refractivity contribution in [3.05, 3.63) is 169 Å². The van der Waals surface area contributed by atoms with Crippen LogP contribution in [0.4, 0.5) is 0 Å². The zero-order chi connectivity index (χ0) is 43.7. The molecule has 1 nitrogen and oxygen atoms in total. The normalized spacial score (nSPS) is 16.5. The van der Waals surface area contributed by atoms with Crippen molar-refractivity contribution in [3.63, 3.8) is 0 Å². The third-order valence-electron chi connectivity index (χ3n) is 8.02. The lowest BCUT2D eigenvalue weighted by Gasteiger charge is -2.19. The molecule has 0 unspecified atom stereocenters. The molecule has 1 aromatic heterocycles. The zero-order valence-electron chi connectivity index (χ0n) is 39.3. The lowest BCUT2D eigenvalue weighted by molar-refractivity contribution is 0.669. The average molecular weight is 589 g/mol. The molecule has 1 heterocycles. The second-order valence-electron chi connectivity index (χ2n) is 10.5. The van der Waals surface area contributed by atoms with Crippen LogP contribution in [0.5, 0.6) is 0 Å². The molecule has 0 aliphatic rings. The topological polar surface area (TPSA) is 13.1 Å². The summed E-state index contributed by atoms with van der Waals surface area (Å²) in [6, 6.07) is 10.4. The second-order valence-corrected chi connectivity index (χ2v) is 10.5. The molecule has 210 valence electrons. The smallest absolute Gasteiger partial charge is 0.135 e. The van der Waals surface area contributed by atoms with Gasteiger partial charge in [0.05, 0.1) is 21.9 Å². The first-order valence-corrected chi connectivity index (χ1v) is 14.1. The highest BCUT2D eigenvalue weighted by Crippen LogP contribution is 2.46. The van der Waals surface area contributed by atoms with Gasteiger partial charge in [-0.15, -0.1) is 0 Å². The Morgan fingerprint density at radius 3 is 1.67 bits per heavy atom. The number of hydrogen-bond donors (Lipinski definition) is 0. The first kappa shape index (κ1) is 14.2. The summed E-state index contributed by atoms with van der Waals surface area (Å²) < 4.78 is 148. The number of fused-ring (bicyclic) bond motifs is 5. The Bertz CT molecular complexity index is 3320. The molecule has 0 saturated carbocycles. The van der Waals surface area contributed by atoms with Crippen molar-refractivity contribution in [2.75, 3.05) is 0 Å². The molecule has 8 aromatic carbocycles. The summed E-state index contributed by atoms with van der Waals surface area (Å²) in [5, 5.41) is 0.828. The van der Waals surface area contributed by atoms with E-state index in [9.17, 15) is 6.85 Å². The standard InChI is InChI=1S/C44H28O/c1-2-12-30(13-3-1)33-14-4-5-16-35(33)44-38-19-8-6-17-36(38)43(37-18-7-9-20-39(37)44)31-24-22-29(23-25-31)32-26-27-42-40(28-32)34-15-10-11-21-41(34)45-42/h1-28H/i1D,2D,3D,4D,5D,6D,7D,8D,9D,12D,13D,16D,17D,18D,19D,20D. The molecule has 0 fully saturated rings. The Labute approximate surface area is 284 Å². The molecule has 0 atom stereocenters. The quantitative estimate of drug-likeness (QED) is 0.186. The van der Waals surface area contributed by atoms with Crippen molar-refractivity contribution in [2.45, 2.75) is 0 Å². The van der Waals surface area contributed by atoms with Crippen LogP contribution in [0.15, 0.2) is 174 Å². The molecule has 0 aliphatic carbocycles. The van der Waals surface area contributed by atoms with Crippen molar-refractivity contribution < 1.29 is 26.3 Å². The Morgan fingerprint density at radius 2 is 0.933 bits per heavy atom. The highest BCUT2D eigenvalue weighted by Gasteiger charge is 2.18. The van der Waals surface area contributed by atoms with Crippen LogP contribution in [0.1, 0.15) is 21.9 Å². The van der Waals surface area contributed by atoms with Gasteiger partial charge in [-0.25, -0.2) is 0 Å². The maximum absolute atomic E-state index is 9.35. The van der Waals surface area contributed by atoms with Gasteiger partial charge in [-0.3, -0.25) is 0 Å². The summed E-state index contributed by atoms with van der Waals surface area (Å²) in [6.45, 7) is 0. The van der Waals surface area contributed by atoms with E-state index in [2.05, 4.69) is 0 Å². The third kappa shape index (κ3) is 4.17. The molecule has 45 heavy (non-hydrogen) atoms. The molecule has 0 amide bonds. The van der Waals surface area contributed by atoms with Gasteiger partial charge in [0.2, 0.25) is 0 Å². The highest BCUT2D eigenvalue weighted by atomic mass is 16.3. The van der Waals surface area contributed by atoms with E-state index in [0.29, 0.717) is 11.1 Å². The fraction of sp³-hybridized carbons (Fsp3) is 0. The van der Waals surface area contributed by atoms with Crippen LogP contribution in [0, 0.1) is 0 Å². The molecule has 1 heteroatoms. The molecular weight excluding hydrogens is 544 g/mol. The van der Waals surface area contributed by atoms with Gasteiger partial charge < -0.3 is 4.42 Å². The Morgan fingerprint density at radius 1 is 0.356 bits per heavy atom. The minimum atomic E-state index is -0.745. The molecule has 0 aliphatic heterocycles. The van der Waals surface area contributed by atoms with E-state index in [4.69, 9.17) is 19.5 Å². The van der Waals surface area contributed by atoms with E-state index >= 15 is 0 Å². The summed E-state index contributed by atoms with van der Waals surface area (Å²) in [7, 11) is 0. The third-order valence-corrected chi connectivity index (χ3v) is 8.02. The van der Waals surface area contributed by atoms with Crippen molar-refractivity contribution >= 4 is 43.5 Å². The number of para-hydroxylation sites is 1. The minimum absolute atomic E-state index is 0.0229. The van der Waals surface area contributed by atoms with Crippen molar-refractivity contribution in [1.82, 2.24) is 0 Å². The van der Waals surface area contributed by atoms with E-state index in [0.717, 1.165) is 33.5 Å². The Hall–Kier alpha value is -5.92. The lowest BCUT2D eigenvalue weighted by Crippen LogP contribution is -1.92. The molecule has 0 N–H and O–H groups in total. The molecule has 0 spiro atoms. The van der Waals surface area contributed by atoms with Crippen LogP contribution in [0.3, 0.4) is 0 Å². The SMILES string of the molecule is [2H]c1cc(-c2c([2H])c([2H])c([2H])c([2H])c2[2H])c(-c2c3c([2H])c([2H])c([2H])c([2H])c3c(-c3ccc(-c4ccc5oc6ccccc6c5c4)cc3)c3c([2H])c([2H])c([2H])c([2H])c23)c([2H])c1[2H]. The maximum atomic E-state index is 9.35. The molecule has 0 saturated heterocycles. The average Bonchev–Trinajstić information content (AvgIpc) is 3.64. The largest absolute Gasteiger partial charge is 0.456 e. The highest BCUT2D eigenvalue weighted by molar-refractivity contribution is 6.22. The molecule has 0 radical (unpaired) electrons. The van der Waals surface area contributed by atoms with Gasteiger partial charge in [-0.2, -0.15) is 0 Å². The summed E-state index contributed by atoms with van der Waals surface area (Å²) >= 11 is 0. The van der Waals surface area contributed by atoms with E-state index in [-0.39, 0.29) is 38.2 Å². The van der Waals surface area contributed by atoms with Crippen LogP contribution in [0.25, 0.3) is 88.0 Å². The fourth-order valence-corrected chi connectivity index (χ4v) is 6.02. The summed E-state index contributed by atoms with van der Waals surface area (Å²) in [4.78, 5) is 0. The predicted molar refractivity (Wildman–Crippen MR) is 190 cm³/mol. The monoisotopic (exact) mass is 588 g/mol. The second kappa shape index (κ2) is 10.4. The molecular formula is C44H28O. The summed E-state index contributed by atoms with van der Waals surface area (Å²) in [5.41, 5.74) is 1.75. The van der Waals surface area contributed by atoms with Crippen molar-refractivity contribution in [3.8, 4) is 44.5 Å². The Kier molecular flexibility index (Phi) is 3.28. The summed E-state index contributed by atoms with van der Waals surface area (Å²) in [6.07, 6.45) is 0. The van der Waals surface area contributed by atoms with E-state index in [1.54, 1.807) is 24.3 Å². The van der Waals surface area contributed by atoms with Gasteiger partial charge in [0.1, 0.15) is 11.2 Å². The van der Waals surface area contributed by atoms with Crippen molar-refractivity contribution in [1.29, 1.82) is 0 Å². The van der Waals surface area contributed by atoms with E-state index < -0.39 is 108 Å². The lowest BCUT2D eigenvalue weighted by atomic mass is 9.83. The Balaban J connectivity index is 1.45. The van der Waals surface area contributed by atoms with Gasteiger partial charge in [-0.05, 0) is 84.3 Å². The first-order chi connectivity index (χ1) is 29.0. The van der Waals surface area contributed by atoms with Gasteiger partial charge in [-0.1, -0.05) is 151 Å². The number of hydrogen-bond acceptors (Lipinski definition) is 1. The number of benzene rings is 8. The number of rotatable bonds is 4. The maximum Gasteiger partial charge on any atom is 0.135 e. The van der Waals surface area contributed by atoms with Crippen molar-refractivity contribution in [2.24, 2.45) is 0 Å². The first-order valence-electron chi connectivity index (χ1n) is 22.1. The molecule has 0 bridgehead atoms. The van der Waals surface area contributed by atoms with Gasteiger partial charge >= 0.3 is 0 Å². The van der Waals surface area contributed by atoms with Crippen LogP contribution in [-0.4, -0.2) is 0 Å². The van der Waals surface area contributed by atoms with Crippen LogP contribution < -0.4 is 0 Å². The fourth-order valence-electron chi connectivity index (χ4n) is 6.02. The number of furan rings is 1. The van der Waals surface area contributed by atoms with E-state index in [1.165, 1.54) is 0 Å². The van der Waals surface area contributed by atoms with Gasteiger partial charge in [0.15, 0.2) is 0 Å². The predicted octanol–water partition coefficient (Wildman–Crippen LogP) is 12.6. The van der Waals surface area contributed by atoms with Crippen LogP contribution in [-0.2, 0) is 0 Å². The minimum Gasteiger partial charge on any atom is -0.456 e. The van der Waals surface area contributed by atoms with E-state index in [1.807, 2.05) is 42.5 Å². The van der Waals surface area contributed by atoms with Gasteiger partial charge in [0.25, 0.3) is 0 Å². The van der Waals surface area contributed by atoms with Crippen LogP contribution in [0.2, 0.25) is 0 Å².